The Morgan fingerprint density at radius 3 is 2.60 bits per heavy atom. The van der Waals surface area contributed by atoms with Gasteiger partial charge in [0.15, 0.2) is 0 Å². The first-order chi connectivity index (χ1) is 9.83. The summed E-state index contributed by atoms with van der Waals surface area (Å²) in [4.78, 5) is 1.48. The summed E-state index contributed by atoms with van der Waals surface area (Å²) >= 11 is 1.85. The maximum atomic E-state index is 5.49. The van der Waals surface area contributed by atoms with E-state index in [4.69, 9.17) is 4.74 Å². The van der Waals surface area contributed by atoms with E-state index in [2.05, 4.69) is 47.1 Å². The van der Waals surface area contributed by atoms with Crippen LogP contribution in [0.15, 0.2) is 41.8 Å². The highest BCUT2D eigenvalue weighted by Crippen LogP contribution is 2.23. The fourth-order valence-corrected chi connectivity index (χ4v) is 3.13. The van der Waals surface area contributed by atoms with Crippen LogP contribution in [0.3, 0.4) is 0 Å². The lowest BCUT2D eigenvalue weighted by Crippen LogP contribution is -2.16. The Morgan fingerprint density at radius 1 is 1.20 bits per heavy atom. The molecule has 0 saturated heterocycles. The lowest BCUT2D eigenvalue weighted by atomic mass is 10.0. The van der Waals surface area contributed by atoms with Crippen LogP contribution in [-0.4, -0.2) is 13.7 Å². The molecular formula is C17H23NOS. The van der Waals surface area contributed by atoms with Gasteiger partial charge in [-0.3, -0.25) is 0 Å². The number of aryl methyl sites for hydroxylation is 1. The molecular weight excluding hydrogens is 266 g/mol. The van der Waals surface area contributed by atoms with E-state index in [1.807, 2.05) is 25.3 Å². The van der Waals surface area contributed by atoms with Crippen molar-refractivity contribution in [2.45, 2.75) is 32.2 Å². The molecule has 3 heteroatoms. The minimum absolute atomic E-state index is 0.422. The van der Waals surface area contributed by atoms with Crippen LogP contribution in [-0.2, 0) is 6.42 Å². The maximum absolute atomic E-state index is 5.49. The average molecular weight is 289 g/mol. The van der Waals surface area contributed by atoms with Crippen LogP contribution in [0.25, 0.3) is 0 Å². The number of ether oxygens (including phenoxy) is 1. The number of rotatable bonds is 8. The average Bonchev–Trinajstić information content (AvgIpc) is 2.98. The quantitative estimate of drug-likeness (QED) is 0.776. The topological polar surface area (TPSA) is 21.3 Å². The van der Waals surface area contributed by atoms with E-state index >= 15 is 0 Å². The van der Waals surface area contributed by atoms with Crippen molar-refractivity contribution in [2.75, 3.05) is 13.7 Å². The highest BCUT2D eigenvalue weighted by Gasteiger charge is 2.09. The van der Waals surface area contributed by atoms with E-state index < -0.39 is 0 Å². The Balaban J connectivity index is 1.87. The lowest BCUT2D eigenvalue weighted by molar-refractivity contribution is 0.340. The SMILES string of the molecule is CCOc1ccc(C(CCCc2cccs2)NC)cc1. The molecule has 0 spiro atoms. The van der Waals surface area contributed by atoms with E-state index in [0.717, 1.165) is 18.8 Å². The van der Waals surface area contributed by atoms with Gasteiger partial charge in [0.05, 0.1) is 6.61 Å². The fraction of sp³-hybridized carbons (Fsp3) is 0.412. The largest absolute Gasteiger partial charge is 0.494 e. The van der Waals surface area contributed by atoms with Gasteiger partial charge in [0.1, 0.15) is 5.75 Å². The summed E-state index contributed by atoms with van der Waals surface area (Å²) in [6.45, 7) is 2.73. The van der Waals surface area contributed by atoms with Gasteiger partial charge in [0, 0.05) is 10.9 Å². The molecule has 2 aromatic rings. The molecule has 0 saturated carbocycles. The minimum atomic E-state index is 0.422. The van der Waals surface area contributed by atoms with Crippen molar-refractivity contribution >= 4 is 11.3 Å². The van der Waals surface area contributed by atoms with Crippen molar-refractivity contribution in [3.8, 4) is 5.75 Å². The smallest absolute Gasteiger partial charge is 0.119 e. The van der Waals surface area contributed by atoms with Crippen LogP contribution >= 0.6 is 11.3 Å². The normalized spacial score (nSPS) is 12.3. The molecule has 0 aliphatic heterocycles. The zero-order valence-corrected chi connectivity index (χ0v) is 13.1. The summed E-state index contributed by atoms with van der Waals surface area (Å²) < 4.78 is 5.49. The predicted molar refractivity (Wildman–Crippen MR) is 86.7 cm³/mol. The molecule has 0 amide bonds. The van der Waals surface area contributed by atoms with Gasteiger partial charge >= 0.3 is 0 Å². The highest BCUT2D eigenvalue weighted by atomic mass is 32.1. The Labute approximate surface area is 125 Å². The molecule has 0 fully saturated rings. The number of thiophene rings is 1. The molecule has 1 aromatic heterocycles. The van der Waals surface area contributed by atoms with Crippen molar-refractivity contribution < 1.29 is 4.74 Å². The molecule has 1 atom stereocenters. The summed E-state index contributed by atoms with van der Waals surface area (Å²) in [5, 5.41) is 5.56. The molecule has 0 radical (unpaired) electrons. The van der Waals surface area contributed by atoms with Crippen LogP contribution in [0.4, 0.5) is 0 Å². The van der Waals surface area contributed by atoms with Gasteiger partial charge in [0.25, 0.3) is 0 Å². The predicted octanol–water partition coefficient (Wildman–Crippen LogP) is 4.43. The summed E-state index contributed by atoms with van der Waals surface area (Å²) in [6, 6.07) is 13.2. The standard InChI is InChI=1S/C17H23NOS/c1-3-19-15-11-9-14(10-12-15)17(18-2)8-4-6-16-7-5-13-20-16/h5,7,9-13,17-18H,3-4,6,8H2,1-2H3. The van der Waals surface area contributed by atoms with Gasteiger partial charge in [-0.15, -0.1) is 11.3 Å². The van der Waals surface area contributed by atoms with Crippen molar-refractivity contribution in [1.29, 1.82) is 0 Å². The van der Waals surface area contributed by atoms with E-state index in [1.165, 1.54) is 23.3 Å². The van der Waals surface area contributed by atoms with E-state index in [-0.39, 0.29) is 0 Å². The highest BCUT2D eigenvalue weighted by molar-refractivity contribution is 7.09. The first kappa shape index (κ1) is 15.1. The van der Waals surface area contributed by atoms with Gasteiger partial charge in [0.2, 0.25) is 0 Å². The van der Waals surface area contributed by atoms with Gasteiger partial charge < -0.3 is 10.1 Å². The van der Waals surface area contributed by atoms with Gasteiger partial charge in [-0.1, -0.05) is 18.2 Å². The van der Waals surface area contributed by atoms with Gasteiger partial charge in [-0.25, -0.2) is 0 Å². The van der Waals surface area contributed by atoms with Crippen molar-refractivity contribution in [2.24, 2.45) is 0 Å². The minimum Gasteiger partial charge on any atom is -0.494 e. The number of hydrogen-bond acceptors (Lipinski definition) is 3. The Kier molecular flexibility index (Phi) is 6.09. The summed E-state index contributed by atoms with van der Waals surface area (Å²) in [5.41, 5.74) is 1.34. The second kappa shape index (κ2) is 8.08. The molecule has 1 unspecified atom stereocenters. The molecule has 108 valence electrons. The molecule has 0 aliphatic carbocycles. The van der Waals surface area contributed by atoms with Crippen LogP contribution in [0.5, 0.6) is 5.75 Å². The molecule has 2 rings (SSSR count). The van der Waals surface area contributed by atoms with Crippen molar-refractivity contribution in [3.05, 3.63) is 52.2 Å². The van der Waals surface area contributed by atoms with Gasteiger partial charge in [-0.2, -0.15) is 0 Å². The first-order valence-corrected chi connectivity index (χ1v) is 8.14. The Bertz CT molecular complexity index is 478. The number of nitrogens with one attached hydrogen (secondary N) is 1. The third-order valence-electron chi connectivity index (χ3n) is 3.44. The Morgan fingerprint density at radius 2 is 2.00 bits per heavy atom. The molecule has 1 aromatic carbocycles. The maximum Gasteiger partial charge on any atom is 0.119 e. The molecule has 2 nitrogen and oxygen atoms in total. The summed E-state index contributed by atoms with van der Waals surface area (Å²) in [7, 11) is 2.03. The first-order valence-electron chi connectivity index (χ1n) is 7.26. The van der Waals surface area contributed by atoms with Crippen LogP contribution < -0.4 is 10.1 Å². The second-order valence-electron chi connectivity index (χ2n) is 4.81. The lowest BCUT2D eigenvalue weighted by Gasteiger charge is -2.17. The third-order valence-corrected chi connectivity index (χ3v) is 4.37. The van der Waals surface area contributed by atoms with E-state index in [0.29, 0.717) is 6.04 Å². The zero-order chi connectivity index (χ0) is 14.2. The summed E-state index contributed by atoms with van der Waals surface area (Å²) in [6.07, 6.45) is 3.54. The van der Waals surface area contributed by atoms with Gasteiger partial charge in [-0.05, 0) is 62.4 Å². The monoisotopic (exact) mass is 289 g/mol. The van der Waals surface area contributed by atoms with Crippen molar-refractivity contribution in [3.63, 3.8) is 0 Å². The van der Waals surface area contributed by atoms with Crippen molar-refractivity contribution in [1.82, 2.24) is 5.32 Å². The molecule has 0 aliphatic rings. The zero-order valence-electron chi connectivity index (χ0n) is 12.3. The molecule has 1 heterocycles. The Hall–Kier alpha value is -1.32. The van der Waals surface area contributed by atoms with Crippen LogP contribution in [0.2, 0.25) is 0 Å². The third kappa shape index (κ3) is 4.36. The van der Waals surface area contributed by atoms with E-state index in [9.17, 15) is 0 Å². The van der Waals surface area contributed by atoms with Crippen LogP contribution in [0.1, 0.15) is 36.2 Å². The molecule has 1 N–H and O–H groups in total. The van der Waals surface area contributed by atoms with Crippen LogP contribution in [0, 0.1) is 0 Å². The molecule has 0 bridgehead atoms. The molecule has 20 heavy (non-hydrogen) atoms. The second-order valence-corrected chi connectivity index (χ2v) is 5.85. The number of benzene rings is 1. The number of hydrogen-bond donors (Lipinski definition) is 1. The van der Waals surface area contributed by atoms with E-state index in [1.54, 1.807) is 0 Å². The summed E-state index contributed by atoms with van der Waals surface area (Å²) in [5.74, 6) is 0.949. The fourth-order valence-electron chi connectivity index (χ4n) is 2.38.